The number of hydrogen-bond donors (Lipinski definition) is 3. The summed E-state index contributed by atoms with van der Waals surface area (Å²) in [6.45, 7) is 1.88. The lowest BCUT2D eigenvalue weighted by Crippen LogP contribution is -2.38. The van der Waals surface area contributed by atoms with Crippen LogP contribution in [0.25, 0.3) is 0 Å². The van der Waals surface area contributed by atoms with Crippen LogP contribution in [0.1, 0.15) is 24.5 Å². The molecule has 0 radical (unpaired) electrons. The van der Waals surface area contributed by atoms with Crippen molar-refractivity contribution in [3.05, 3.63) is 53.9 Å². The topological polar surface area (TPSA) is 95.1 Å². The number of carboxylic acid groups (broad SMARTS) is 1. The first-order valence-corrected chi connectivity index (χ1v) is 6.55. The van der Waals surface area contributed by atoms with E-state index in [1.54, 1.807) is 43.6 Å². The summed E-state index contributed by atoms with van der Waals surface area (Å²) >= 11 is 0. The second-order valence-corrected chi connectivity index (χ2v) is 5.06. The van der Waals surface area contributed by atoms with Crippen LogP contribution in [0.15, 0.2) is 42.7 Å². The lowest BCUT2D eigenvalue weighted by molar-refractivity contribution is -0.145. The molecule has 1 aromatic heterocycles. The zero-order chi connectivity index (χ0) is 15.3. The van der Waals surface area contributed by atoms with Crippen LogP contribution in [0.5, 0.6) is 0 Å². The van der Waals surface area contributed by atoms with Crippen molar-refractivity contribution >= 4 is 11.9 Å². The molecule has 0 aliphatic carbocycles. The molecule has 110 valence electrons. The number of aliphatic carboxylic acids is 1. The molecule has 1 aromatic carbocycles. The van der Waals surface area contributed by atoms with Crippen LogP contribution in [0.2, 0.25) is 0 Å². The van der Waals surface area contributed by atoms with Gasteiger partial charge in [0.2, 0.25) is 5.91 Å². The van der Waals surface area contributed by atoms with Crippen molar-refractivity contribution in [2.45, 2.75) is 25.3 Å². The fourth-order valence-electron chi connectivity index (χ4n) is 2.07. The number of amides is 1. The number of aromatic amines is 1. The zero-order valence-corrected chi connectivity index (χ0v) is 11.7. The zero-order valence-electron chi connectivity index (χ0n) is 11.7. The van der Waals surface area contributed by atoms with E-state index in [0.717, 1.165) is 5.56 Å². The number of aromatic nitrogens is 2. The van der Waals surface area contributed by atoms with Crippen molar-refractivity contribution in [1.82, 2.24) is 15.5 Å². The van der Waals surface area contributed by atoms with E-state index in [1.165, 1.54) is 0 Å². The monoisotopic (exact) mass is 287 g/mol. The third kappa shape index (κ3) is 3.47. The van der Waals surface area contributed by atoms with E-state index in [1.807, 2.05) is 6.07 Å². The van der Waals surface area contributed by atoms with Crippen molar-refractivity contribution in [2.75, 3.05) is 0 Å². The number of nitrogens with one attached hydrogen (secondary N) is 2. The van der Waals surface area contributed by atoms with Crippen molar-refractivity contribution < 1.29 is 14.7 Å². The fraction of sp³-hybridized carbons (Fsp3) is 0.267. The highest BCUT2D eigenvalue weighted by Crippen LogP contribution is 2.27. The molecule has 0 fully saturated rings. The van der Waals surface area contributed by atoms with E-state index in [9.17, 15) is 14.7 Å². The first-order chi connectivity index (χ1) is 10.0. The minimum absolute atomic E-state index is 0.121. The molecule has 6 nitrogen and oxygen atoms in total. The normalized spacial score (nSPS) is 13.4. The molecule has 3 N–H and O–H groups in total. The first-order valence-electron chi connectivity index (χ1n) is 6.55. The summed E-state index contributed by atoms with van der Waals surface area (Å²) in [5.41, 5.74) is 0.193. The van der Waals surface area contributed by atoms with Gasteiger partial charge in [-0.05, 0) is 12.5 Å². The van der Waals surface area contributed by atoms with E-state index in [2.05, 4.69) is 15.5 Å². The molecule has 0 saturated carbocycles. The average Bonchev–Trinajstić information content (AvgIpc) is 2.99. The highest BCUT2D eigenvalue weighted by Gasteiger charge is 2.37. The molecule has 0 aliphatic heterocycles. The Kier molecular flexibility index (Phi) is 4.37. The van der Waals surface area contributed by atoms with E-state index in [4.69, 9.17) is 0 Å². The van der Waals surface area contributed by atoms with Gasteiger partial charge < -0.3 is 10.4 Å². The van der Waals surface area contributed by atoms with Gasteiger partial charge in [-0.25, -0.2) is 0 Å². The predicted octanol–water partition coefficient (Wildman–Crippen LogP) is 1.46. The van der Waals surface area contributed by atoms with Crippen molar-refractivity contribution in [3.8, 4) is 0 Å². The quantitative estimate of drug-likeness (QED) is 0.749. The maximum Gasteiger partial charge on any atom is 0.314 e. The molecule has 1 heterocycles. The second kappa shape index (κ2) is 6.21. The number of H-pyrrole nitrogens is 1. The average molecular weight is 287 g/mol. The fourth-order valence-corrected chi connectivity index (χ4v) is 2.07. The van der Waals surface area contributed by atoms with Gasteiger partial charge in [-0.3, -0.25) is 14.7 Å². The molecular weight excluding hydrogens is 270 g/mol. The highest BCUT2D eigenvalue weighted by atomic mass is 16.4. The second-order valence-electron chi connectivity index (χ2n) is 5.06. The van der Waals surface area contributed by atoms with Crippen molar-refractivity contribution in [2.24, 2.45) is 0 Å². The van der Waals surface area contributed by atoms with Gasteiger partial charge in [0.15, 0.2) is 0 Å². The van der Waals surface area contributed by atoms with Crippen LogP contribution < -0.4 is 5.32 Å². The molecule has 1 amide bonds. The van der Waals surface area contributed by atoms with E-state index >= 15 is 0 Å². The number of nitrogens with zero attached hydrogens (tertiary/aromatic N) is 1. The smallest absolute Gasteiger partial charge is 0.314 e. The molecule has 0 spiro atoms. The number of carboxylic acids is 1. The summed E-state index contributed by atoms with van der Waals surface area (Å²) in [5.74, 6) is -1.34. The number of carbonyl (C=O) groups excluding carboxylic acids is 1. The number of carbonyl (C=O) groups is 2. The maximum atomic E-state index is 12.0. The van der Waals surface area contributed by atoms with Crippen LogP contribution in [0, 0.1) is 0 Å². The molecule has 0 saturated heterocycles. The first kappa shape index (κ1) is 14.8. The maximum absolute atomic E-state index is 12.0. The lowest BCUT2D eigenvalue weighted by atomic mass is 9.79. The summed E-state index contributed by atoms with van der Waals surface area (Å²) in [6.07, 6.45) is 3.16. The number of hydrogen-bond acceptors (Lipinski definition) is 3. The summed E-state index contributed by atoms with van der Waals surface area (Å²) in [4.78, 5) is 23.6. The molecule has 21 heavy (non-hydrogen) atoms. The van der Waals surface area contributed by atoms with Crippen LogP contribution in [0.3, 0.4) is 0 Å². The minimum atomic E-state index is -1.25. The Morgan fingerprint density at radius 1 is 1.33 bits per heavy atom. The van der Waals surface area contributed by atoms with Gasteiger partial charge in [0.25, 0.3) is 0 Å². The molecule has 6 heteroatoms. The van der Waals surface area contributed by atoms with E-state index in [-0.39, 0.29) is 12.3 Å². The Balaban J connectivity index is 2.06. The Labute approximate surface area is 122 Å². The van der Waals surface area contributed by atoms with Gasteiger partial charge in [-0.15, -0.1) is 0 Å². The number of benzene rings is 1. The molecule has 2 aromatic rings. The van der Waals surface area contributed by atoms with Crippen LogP contribution >= 0.6 is 0 Å². The third-order valence-electron chi connectivity index (χ3n) is 3.44. The van der Waals surface area contributed by atoms with E-state index in [0.29, 0.717) is 12.1 Å². The van der Waals surface area contributed by atoms with Crippen LogP contribution in [0.4, 0.5) is 0 Å². The SMILES string of the molecule is CC(CC(=O)NCc1cn[nH]c1)(C(=O)O)c1ccccc1. The Morgan fingerprint density at radius 2 is 2.05 bits per heavy atom. The lowest BCUT2D eigenvalue weighted by Gasteiger charge is -2.24. The molecule has 1 atom stereocenters. The van der Waals surface area contributed by atoms with Gasteiger partial charge in [0.1, 0.15) is 0 Å². The van der Waals surface area contributed by atoms with E-state index < -0.39 is 11.4 Å². The van der Waals surface area contributed by atoms with Gasteiger partial charge in [0, 0.05) is 24.7 Å². The molecule has 0 bridgehead atoms. The minimum Gasteiger partial charge on any atom is -0.481 e. The number of rotatable bonds is 6. The summed E-state index contributed by atoms with van der Waals surface area (Å²) in [7, 11) is 0. The van der Waals surface area contributed by atoms with Gasteiger partial charge >= 0.3 is 5.97 Å². The summed E-state index contributed by atoms with van der Waals surface area (Å²) in [6, 6.07) is 8.78. The van der Waals surface area contributed by atoms with Crippen molar-refractivity contribution in [1.29, 1.82) is 0 Å². The molecule has 1 unspecified atom stereocenters. The summed E-state index contributed by atoms with van der Waals surface area (Å²) < 4.78 is 0. The Hall–Kier alpha value is -2.63. The predicted molar refractivity (Wildman–Crippen MR) is 76.5 cm³/mol. The van der Waals surface area contributed by atoms with Gasteiger partial charge in [-0.1, -0.05) is 30.3 Å². The largest absolute Gasteiger partial charge is 0.481 e. The Bertz CT molecular complexity index is 610. The molecule has 0 aliphatic rings. The standard InChI is InChI=1S/C15H17N3O3/c1-15(14(20)21,12-5-3-2-4-6-12)7-13(19)16-8-11-9-17-18-10-11/h2-6,9-10H,7-8H2,1H3,(H,16,19)(H,17,18)(H,20,21). The van der Waals surface area contributed by atoms with Crippen LogP contribution in [-0.4, -0.2) is 27.2 Å². The Morgan fingerprint density at radius 3 is 2.62 bits per heavy atom. The molecular formula is C15H17N3O3. The van der Waals surface area contributed by atoms with Crippen molar-refractivity contribution in [3.63, 3.8) is 0 Å². The summed E-state index contributed by atoms with van der Waals surface area (Å²) in [5, 5.41) is 18.6. The van der Waals surface area contributed by atoms with Gasteiger partial charge in [0.05, 0.1) is 11.6 Å². The highest BCUT2D eigenvalue weighted by molar-refractivity contribution is 5.89. The van der Waals surface area contributed by atoms with Crippen LogP contribution in [-0.2, 0) is 21.5 Å². The van der Waals surface area contributed by atoms with Gasteiger partial charge in [-0.2, -0.15) is 5.10 Å². The third-order valence-corrected chi connectivity index (χ3v) is 3.44. The molecule has 2 rings (SSSR count).